The quantitative estimate of drug-likeness (QED) is 0.109. The first kappa shape index (κ1) is 37.9. The van der Waals surface area contributed by atoms with E-state index >= 15 is 0 Å². The van der Waals surface area contributed by atoms with Gasteiger partial charge in [-0.15, -0.1) is 5.06 Å². The summed E-state index contributed by atoms with van der Waals surface area (Å²) in [6.07, 6.45) is 7.65. The lowest BCUT2D eigenvalue weighted by molar-refractivity contribution is -0.197. The van der Waals surface area contributed by atoms with E-state index in [9.17, 15) is 32.1 Å². The number of nitrogens with zero attached hydrogens (tertiary/aromatic N) is 5. The van der Waals surface area contributed by atoms with Crippen molar-refractivity contribution in [2.75, 3.05) is 23.7 Å². The molecule has 4 aliphatic heterocycles. The molecule has 5 heterocycles. The number of allylic oxidation sites excluding steroid dienone is 1. The number of ether oxygens (including phenoxy) is 1. The zero-order valence-electron chi connectivity index (χ0n) is 31.9. The molecule has 2 amide bonds. The van der Waals surface area contributed by atoms with Crippen molar-refractivity contribution in [2.45, 2.75) is 85.4 Å². The summed E-state index contributed by atoms with van der Waals surface area (Å²) in [7, 11) is -4.43. The first-order valence-electron chi connectivity index (χ1n) is 18.4. The van der Waals surface area contributed by atoms with Gasteiger partial charge in [-0.05, 0) is 63.5 Å². The number of ketones is 1. The fourth-order valence-corrected chi connectivity index (χ4v) is 9.02. The van der Waals surface area contributed by atoms with Crippen LogP contribution in [0.15, 0.2) is 48.8 Å². The monoisotopic (exact) mass is 770 g/mol. The average molecular weight is 771 g/mol. The highest BCUT2D eigenvalue weighted by Gasteiger charge is 2.39. The molecular formula is C40H44N5O9S+. The molecule has 0 bridgehead atoms. The lowest BCUT2D eigenvalue weighted by Crippen LogP contribution is -2.50. The minimum absolute atomic E-state index is 0.115. The highest BCUT2D eigenvalue weighted by Crippen LogP contribution is 2.47. The predicted octanol–water partition coefficient (Wildman–Crippen LogP) is 3.40. The van der Waals surface area contributed by atoms with Crippen molar-refractivity contribution in [3.8, 4) is 11.5 Å². The molecule has 1 aromatic heterocycles. The highest BCUT2D eigenvalue weighted by molar-refractivity contribution is 7.86. The number of anilines is 1. The van der Waals surface area contributed by atoms with Gasteiger partial charge in [-0.2, -0.15) is 8.42 Å². The number of carbonyl (C=O) groups excluding carboxylic acids is 4. The lowest BCUT2D eigenvalue weighted by Gasteiger charge is -2.43. The van der Waals surface area contributed by atoms with Crippen molar-refractivity contribution in [1.29, 1.82) is 0 Å². The van der Waals surface area contributed by atoms with Crippen molar-refractivity contribution >= 4 is 56.1 Å². The van der Waals surface area contributed by atoms with Crippen molar-refractivity contribution in [3.63, 3.8) is 0 Å². The molecule has 2 aromatic carbocycles. The number of imidazole rings is 1. The zero-order chi connectivity index (χ0) is 39.8. The topological polar surface area (TPSA) is 168 Å². The van der Waals surface area contributed by atoms with Crippen molar-refractivity contribution in [1.82, 2.24) is 19.2 Å². The third kappa shape index (κ3) is 6.58. The Morgan fingerprint density at radius 1 is 0.945 bits per heavy atom. The Morgan fingerprint density at radius 3 is 2.29 bits per heavy atom. The van der Waals surface area contributed by atoms with Crippen LogP contribution in [0.5, 0.6) is 11.5 Å². The normalized spacial score (nSPS) is 18.2. The zero-order valence-corrected chi connectivity index (χ0v) is 32.7. The van der Waals surface area contributed by atoms with E-state index in [1.807, 2.05) is 51.1 Å². The minimum atomic E-state index is -4.43. The van der Waals surface area contributed by atoms with Crippen LogP contribution in [0.25, 0.3) is 16.7 Å². The highest BCUT2D eigenvalue weighted by atomic mass is 32.2. The van der Waals surface area contributed by atoms with Gasteiger partial charge in [0.1, 0.15) is 29.6 Å². The number of likely N-dealkylation sites (N-methyl/N-ethyl adjacent to an activating group) is 2. The van der Waals surface area contributed by atoms with E-state index in [0.29, 0.717) is 61.8 Å². The summed E-state index contributed by atoms with van der Waals surface area (Å²) >= 11 is 0. The van der Waals surface area contributed by atoms with Crippen LogP contribution >= 0.6 is 0 Å². The van der Waals surface area contributed by atoms with Gasteiger partial charge >= 0.3 is 5.97 Å². The van der Waals surface area contributed by atoms with E-state index in [4.69, 9.17) is 9.57 Å². The van der Waals surface area contributed by atoms with Gasteiger partial charge < -0.3 is 19.0 Å². The Kier molecular flexibility index (Phi) is 9.24. The minimum Gasteiger partial charge on any atom is -0.456 e. The number of hydroxylamine groups is 2. The molecule has 0 unspecified atom stereocenters. The van der Waals surface area contributed by atoms with Crippen LogP contribution in [0, 0.1) is 0 Å². The van der Waals surface area contributed by atoms with Gasteiger partial charge in [-0.1, -0.05) is 13.0 Å². The van der Waals surface area contributed by atoms with Gasteiger partial charge in [0.15, 0.2) is 5.54 Å². The van der Waals surface area contributed by atoms with Gasteiger partial charge in [0, 0.05) is 79.3 Å². The molecular weight excluding hydrogens is 727 g/mol. The van der Waals surface area contributed by atoms with Crippen LogP contribution in [-0.4, -0.2) is 81.1 Å². The SMILES string of the molecule is CCC1=CC(C)(C)N(CC)c2cc3c(cc21)C(c1nccn1CC(=O)C(=O)ON1C(=O)CCC1=O)=c1cc2c(cc1O3)=[N+](CC)C(C)(C)C=C2CS(=O)(=O)O. The molecule has 0 atom stereocenters. The van der Waals surface area contributed by atoms with Gasteiger partial charge in [0.25, 0.3) is 27.7 Å². The average Bonchev–Trinajstić information content (AvgIpc) is 3.68. The summed E-state index contributed by atoms with van der Waals surface area (Å²) in [4.78, 5) is 62.3. The van der Waals surface area contributed by atoms with Gasteiger partial charge in [0.05, 0.1) is 23.7 Å². The molecule has 1 saturated heterocycles. The van der Waals surface area contributed by atoms with Crippen LogP contribution in [-0.2, 0) is 40.7 Å². The van der Waals surface area contributed by atoms with Gasteiger partial charge in [-0.3, -0.25) is 18.9 Å². The number of Topliss-reactive ketones (excluding diaryl/α,β-unsaturated/α-hetero) is 1. The van der Waals surface area contributed by atoms with E-state index in [2.05, 4.69) is 48.2 Å². The number of aromatic nitrogens is 2. The summed E-state index contributed by atoms with van der Waals surface area (Å²) in [5.74, 6) is -3.12. The maximum absolute atomic E-state index is 13.3. The molecule has 0 spiro atoms. The molecule has 288 valence electrons. The fraction of sp³-hybridized carbons (Fsp3) is 0.400. The second kappa shape index (κ2) is 13.4. The molecule has 4 aliphatic rings. The molecule has 0 aliphatic carbocycles. The molecule has 15 heteroatoms. The smallest absolute Gasteiger partial charge is 0.401 e. The maximum atomic E-state index is 13.3. The molecule has 7 rings (SSSR count). The molecule has 1 N–H and O–H groups in total. The second-order valence-corrected chi connectivity index (χ2v) is 16.6. The van der Waals surface area contributed by atoms with E-state index in [-0.39, 0.29) is 18.4 Å². The summed E-state index contributed by atoms with van der Waals surface area (Å²) in [5, 5.41) is 1.59. The largest absolute Gasteiger partial charge is 0.456 e. The number of benzene rings is 2. The summed E-state index contributed by atoms with van der Waals surface area (Å²) in [6.45, 7) is 15.3. The van der Waals surface area contributed by atoms with E-state index < -0.39 is 51.5 Å². The Labute approximate surface area is 318 Å². The summed E-state index contributed by atoms with van der Waals surface area (Å²) in [6, 6.07) is 7.76. The molecule has 0 radical (unpaired) electrons. The standard InChI is InChI=1S/C40H43N5O9S/c1-8-23-19-39(4,5)43(9-2)29-17-32-27(15-25(23)29)36(37-41-13-14-42(37)21-31(46)38(49)54-45-34(47)11-12-35(45)48)28-16-26-24(22-55(50,51)52)20-40(6,7)44(10-3)30(26)18-33(28)53-32/h13-20H,8-12,21-22H2,1-7H3/p+1. The summed E-state index contributed by atoms with van der Waals surface area (Å²) < 4.78 is 45.1. The number of fused-ring (bicyclic) bond motifs is 4. The first-order chi connectivity index (χ1) is 25.9. The van der Waals surface area contributed by atoms with Crippen molar-refractivity contribution < 1.29 is 41.7 Å². The van der Waals surface area contributed by atoms with Crippen LogP contribution in [0.1, 0.15) is 90.2 Å². The fourth-order valence-electron chi connectivity index (χ4n) is 8.39. The molecule has 0 saturated carbocycles. The Morgan fingerprint density at radius 2 is 1.65 bits per heavy atom. The first-order valence-corrected chi connectivity index (χ1v) is 20.0. The third-order valence-electron chi connectivity index (χ3n) is 10.7. The number of rotatable bonds is 10. The number of carbonyl (C=O) groups is 4. The van der Waals surface area contributed by atoms with Crippen LogP contribution < -0.4 is 24.8 Å². The van der Waals surface area contributed by atoms with Crippen LogP contribution in [0.2, 0.25) is 0 Å². The Balaban J connectivity index is 1.48. The van der Waals surface area contributed by atoms with Crippen LogP contribution in [0.4, 0.5) is 5.69 Å². The van der Waals surface area contributed by atoms with Gasteiger partial charge in [0.2, 0.25) is 5.36 Å². The van der Waals surface area contributed by atoms with Gasteiger partial charge in [-0.25, -0.2) is 14.4 Å². The third-order valence-corrected chi connectivity index (χ3v) is 11.4. The number of imide groups is 1. The summed E-state index contributed by atoms with van der Waals surface area (Å²) in [5.41, 5.74) is 4.43. The van der Waals surface area contributed by atoms with Crippen molar-refractivity contribution in [2.24, 2.45) is 0 Å². The molecule has 3 aromatic rings. The van der Waals surface area contributed by atoms with E-state index in [1.165, 1.54) is 17.0 Å². The number of amides is 2. The van der Waals surface area contributed by atoms with E-state index in [1.54, 1.807) is 0 Å². The molecule has 55 heavy (non-hydrogen) atoms. The maximum Gasteiger partial charge on any atom is 0.401 e. The molecule has 14 nitrogen and oxygen atoms in total. The second-order valence-electron chi connectivity index (χ2n) is 15.2. The van der Waals surface area contributed by atoms with Crippen molar-refractivity contribution in [3.05, 3.63) is 81.9 Å². The predicted molar refractivity (Wildman–Crippen MR) is 204 cm³/mol. The Bertz CT molecular complexity index is 2510. The number of hydrogen-bond acceptors (Lipinski definition) is 10. The molecule has 1 fully saturated rings. The number of hydrogen-bond donors (Lipinski definition) is 1. The van der Waals surface area contributed by atoms with Crippen LogP contribution in [0.3, 0.4) is 0 Å². The Hall–Kier alpha value is -5.41. The van der Waals surface area contributed by atoms with E-state index in [0.717, 1.165) is 29.8 Å². The lowest BCUT2D eigenvalue weighted by atomic mass is 9.84.